The van der Waals surface area contributed by atoms with E-state index in [0.29, 0.717) is 23.1 Å². The van der Waals surface area contributed by atoms with E-state index in [4.69, 9.17) is 5.73 Å². The van der Waals surface area contributed by atoms with Crippen LogP contribution in [0.1, 0.15) is 30.6 Å². The number of halogens is 1. The Kier molecular flexibility index (Phi) is 5.58. The standard InChI is InChI=1S/C16H22BrN3O2/c1-10-5-11(2)9-20(8-10)16(22)13-6-12(17)3-4-14(13)19-15(21)7-18/h3-4,6,10-11H,5,7-9,18H2,1-2H3,(H,19,21)/t10-,11+. The van der Waals surface area contributed by atoms with Gasteiger partial charge in [0.25, 0.3) is 5.91 Å². The molecule has 0 bridgehead atoms. The number of amides is 2. The molecule has 2 rings (SSSR count). The Balaban J connectivity index is 2.27. The number of benzene rings is 1. The van der Waals surface area contributed by atoms with Crippen molar-refractivity contribution in [3.05, 3.63) is 28.2 Å². The number of hydrogen-bond acceptors (Lipinski definition) is 3. The molecule has 1 aromatic carbocycles. The molecule has 0 unspecified atom stereocenters. The Labute approximate surface area is 139 Å². The minimum Gasteiger partial charge on any atom is -0.338 e. The van der Waals surface area contributed by atoms with E-state index in [1.165, 1.54) is 0 Å². The molecule has 3 N–H and O–H groups in total. The van der Waals surface area contributed by atoms with Crippen LogP contribution >= 0.6 is 15.9 Å². The zero-order valence-corrected chi connectivity index (χ0v) is 14.5. The van der Waals surface area contributed by atoms with E-state index in [9.17, 15) is 9.59 Å². The summed E-state index contributed by atoms with van der Waals surface area (Å²) in [5.41, 5.74) is 6.34. The largest absolute Gasteiger partial charge is 0.338 e. The molecule has 0 spiro atoms. The van der Waals surface area contributed by atoms with Crippen LogP contribution in [0.15, 0.2) is 22.7 Å². The van der Waals surface area contributed by atoms with Gasteiger partial charge in [0, 0.05) is 17.6 Å². The molecule has 1 aliphatic rings. The lowest BCUT2D eigenvalue weighted by Crippen LogP contribution is -2.42. The fourth-order valence-corrected chi connectivity index (χ4v) is 3.36. The number of nitrogens with one attached hydrogen (secondary N) is 1. The van der Waals surface area contributed by atoms with Gasteiger partial charge in [-0.25, -0.2) is 0 Å². The monoisotopic (exact) mass is 367 g/mol. The van der Waals surface area contributed by atoms with Gasteiger partial charge in [-0.3, -0.25) is 9.59 Å². The fraction of sp³-hybridized carbons (Fsp3) is 0.500. The van der Waals surface area contributed by atoms with E-state index >= 15 is 0 Å². The highest BCUT2D eigenvalue weighted by Crippen LogP contribution is 2.27. The van der Waals surface area contributed by atoms with Crippen LogP contribution in [0.25, 0.3) is 0 Å². The summed E-state index contributed by atoms with van der Waals surface area (Å²) in [4.78, 5) is 26.3. The van der Waals surface area contributed by atoms with Crippen molar-refractivity contribution in [3.8, 4) is 0 Å². The highest BCUT2D eigenvalue weighted by Gasteiger charge is 2.27. The molecular formula is C16H22BrN3O2. The fourth-order valence-electron chi connectivity index (χ4n) is 3.00. The number of carbonyl (C=O) groups is 2. The van der Waals surface area contributed by atoms with Gasteiger partial charge in [0.05, 0.1) is 17.8 Å². The number of nitrogens with zero attached hydrogens (tertiary/aromatic N) is 1. The van der Waals surface area contributed by atoms with Gasteiger partial charge in [0.15, 0.2) is 0 Å². The number of hydrogen-bond donors (Lipinski definition) is 2. The smallest absolute Gasteiger partial charge is 0.256 e. The van der Waals surface area contributed by atoms with Crippen LogP contribution in [0.3, 0.4) is 0 Å². The van der Waals surface area contributed by atoms with Crippen molar-refractivity contribution in [2.24, 2.45) is 17.6 Å². The second-order valence-corrected chi connectivity index (χ2v) is 7.01. The molecule has 1 fully saturated rings. The lowest BCUT2D eigenvalue weighted by Gasteiger charge is -2.35. The van der Waals surface area contributed by atoms with Gasteiger partial charge >= 0.3 is 0 Å². The summed E-state index contributed by atoms with van der Waals surface area (Å²) >= 11 is 3.39. The zero-order valence-electron chi connectivity index (χ0n) is 12.9. The van der Waals surface area contributed by atoms with Gasteiger partial charge < -0.3 is 16.0 Å². The van der Waals surface area contributed by atoms with E-state index in [1.807, 2.05) is 4.90 Å². The maximum Gasteiger partial charge on any atom is 0.256 e. The molecule has 0 aromatic heterocycles. The zero-order chi connectivity index (χ0) is 16.3. The van der Waals surface area contributed by atoms with Gasteiger partial charge in [-0.15, -0.1) is 0 Å². The molecule has 2 amide bonds. The first-order valence-electron chi connectivity index (χ1n) is 7.49. The predicted octanol–water partition coefficient (Wildman–Crippen LogP) is 2.46. The van der Waals surface area contributed by atoms with Crippen molar-refractivity contribution >= 4 is 33.4 Å². The number of rotatable bonds is 3. The summed E-state index contributed by atoms with van der Waals surface area (Å²) in [6.07, 6.45) is 1.14. The Morgan fingerprint density at radius 2 is 1.95 bits per heavy atom. The molecular weight excluding hydrogens is 346 g/mol. The maximum atomic E-state index is 12.9. The Bertz CT molecular complexity index is 567. The quantitative estimate of drug-likeness (QED) is 0.861. The number of anilines is 1. The topological polar surface area (TPSA) is 75.4 Å². The van der Waals surface area contributed by atoms with E-state index in [1.54, 1.807) is 18.2 Å². The summed E-state index contributed by atoms with van der Waals surface area (Å²) in [5.74, 6) is 0.618. The van der Waals surface area contributed by atoms with Crippen LogP contribution in [-0.2, 0) is 4.79 Å². The van der Waals surface area contributed by atoms with Crippen molar-refractivity contribution in [2.45, 2.75) is 20.3 Å². The molecule has 2 atom stereocenters. The molecule has 22 heavy (non-hydrogen) atoms. The highest BCUT2D eigenvalue weighted by molar-refractivity contribution is 9.10. The molecule has 120 valence electrons. The number of likely N-dealkylation sites (tertiary alicyclic amines) is 1. The van der Waals surface area contributed by atoms with Crippen LogP contribution in [0, 0.1) is 11.8 Å². The average molecular weight is 368 g/mol. The van der Waals surface area contributed by atoms with E-state index in [0.717, 1.165) is 24.0 Å². The SMILES string of the molecule is C[C@@H]1C[C@H](C)CN(C(=O)c2cc(Br)ccc2NC(=O)CN)C1. The summed E-state index contributed by atoms with van der Waals surface area (Å²) in [6, 6.07) is 5.27. The highest BCUT2D eigenvalue weighted by atomic mass is 79.9. The molecule has 0 radical (unpaired) electrons. The minimum atomic E-state index is -0.309. The predicted molar refractivity (Wildman–Crippen MR) is 90.7 cm³/mol. The lowest BCUT2D eigenvalue weighted by atomic mass is 9.91. The first-order valence-corrected chi connectivity index (χ1v) is 8.28. The van der Waals surface area contributed by atoms with Crippen molar-refractivity contribution in [3.63, 3.8) is 0 Å². The van der Waals surface area contributed by atoms with Crippen molar-refractivity contribution in [2.75, 3.05) is 25.0 Å². The second-order valence-electron chi connectivity index (χ2n) is 6.10. The number of nitrogens with two attached hydrogens (primary N) is 1. The van der Waals surface area contributed by atoms with Crippen LogP contribution in [0.4, 0.5) is 5.69 Å². The summed E-state index contributed by atoms with van der Waals surface area (Å²) in [7, 11) is 0. The van der Waals surface area contributed by atoms with Gasteiger partial charge in [0.1, 0.15) is 0 Å². The maximum absolute atomic E-state index is 12.9. The van der Waals surface area contributed by atoms with Crippen molar-refractivity contribution < 1.29 is 9.59 Å². The molecule has 1 aliphatic heterocycles. The first kappa shape index (κ1) is 17.0. The molecule has 1 aromatic rings. The molecule has 1 saturated heterocycles. The van der Waals surface area contributed by atoms with Gasteiger partial charge in [-0.05, 0) is 36.5 Å². The Morgan fingerprint density at radius 3 is 2.55 bits per heavy atom. The second kappa shape index (κ2) is 7.24. The van der Waals surface area contributed by atoms with Crippen LogP contribution in [-0.4, -0.2) is 36.3 Å². The summed E-state index contributed by atoms with van der Waals surface area (Å²) in [6.45, 7) is 5.71. The Morgan fingerprint density at radius 1 is 1.32 bits per heavy atom. The van der Waals surface area contributed by atoms with E-state index in [2.05, 4.69) is 35.1 Å². The average Bonchev–Trinajstić information content (AvgIpc) is 2.47. The van der Waals surface area contributed by atoms with Crippen molar-refractivity contribution in [1.82, 2.24) is 4.90 Å². The van der Waals surface area contributed by atoms with E-state index < -0.39 is 0 Å². The summed E-state index contributed by atoms with van der Waals surface area (Å²) < 4.78 is 0.805. The van der Waals surface area contributed by atoms with Gasteiger partial charge in [-0.2, -0.15) is 0 Å². The Hall–Kier alpha value is -1.40. The molecule has 1 heterocycles. The van der Waals surface area contributed by atoms with Crippen LogP contribution < -0.4 is 11.1 Å². The third kappa shape index (κ3) is 4.08. The summed E-state index contributed by atoms with van der Waals surface area (Å²) in [5, 5.41) is 2.70. The number of piperidine rings is 1. The first-order chi connectivity index (χ1) is 10.4. The third-order valence-corrected chi connectivity index (χ3v) is 4.32. The van der Waals surface area contributed by atoms with Gasteiger partial charge in [-0.1, -0.05) is 29.8 Å². The third-order valence-electron chi connectivity index (χ3n) is 3.83. The van der Waals surface area contributed by atoms with Crippen LogP contribution in [0.5, 0.6) is 0 Å². The number of carbonyl (C=O) groups excluding carboxylic acids is 2. The molecule has 0 saturated carbocycles. The molecule has 0 aliphatic carbocycles. The van der Waals surface area contributed by atoms with Gasteiger partial charge in [0.2, 0.25) is 5.91 Å². The minimum absolute atomic E-state index is 0.0491. The molecule has 6 heteroatoms. The molecule has 5 nitrogen and oxygen atoms in total. The van der Waals surface area contributed by atoms with E-state index in [-0.39, 0.29) is 18.4 Å². The normalized spacial score (nSPS) is 21.5. The lowest BCUT2D eigenvalue weighted by molar-refractivity contribution is -0.114. The van der Waals surface area contributed by atoms with Crippen molar-refractivity contribution in [1.29, 1.82) is 0 Å². The van der Waals surface area contributed by atoms with Crippen LogP contribution in [0.2, 0.25) is 0 Å².